The maximum Gasteiger partial charge on any atom is 0.157 e. The highest BCUT2D eigenvalue weighted by molar-refractivity contribution is 7.83. The van der Waals surface area contributed by atoms with Crippen LogP contribution in [0.25, 0.3) is 11.0 Å². The number of aromatic nitrogens is 2. The number of halogens is 1. The Balaban J connectivity index is 2.09. The summed E-state index contributed by atoms with van der Waals surface area (Å²) in [4.78, 5) is 4.96. The van der Waals surface area contributed by atoms with Gasteiger partial charge in [0.2, 0.25) is 0 Å². The van der Waals surface area contributed by atoms with Gasteiger partial charge in [0.1, 0.15) is 5.15 Å². The first-order valence-electron chi connectivity index (χ1n) is 5.78. The van der Waals surface area contributed by atoms with Crippen molar-refractivity contribution in [1.29, 1.82) is 0 Å². The van der Waals surface area contributed by atoms with Crippen LogP contribution in [-0.4, -0.2) is 13.2 Å². The molecule has 0 saturated carbocycles. The van der Waals surface area contributed by atoms with Gasteiger partial charge in [-0.15, -0.1) is 0 Å². The predicted molar refractivity (Wildman–Crippen MR) is 77.7 cm³/mol. The molecule has 1 atom stereocenters. The molecule has 0 aliphatic heterocycles. The predicted octanol–water partition coefficient (Wildman–Crippen LogP) is 3.57. The van der Waals surface area contributed by atoms with Gasteiger partial charge in [0.05, 0.1) is 15.9 Å². The Hall–Kier alpha value is -1.65. The van der Waals surface area contributed by atoms with Crippen molar-refractivity contribution in [3.8, 4) is 0 Å². The van der Waals surface area contributed by atoms with Crippen molar-refractivity contribution in [2.45, 2.75) is 11.8 Å². The van der Waals surface area contributed by atoms with E-state index in [-0.39, 0.29) is 0 Å². The summed E-state index contributed by atoms with van der Waals surface area (Å²) in [7, 11) is -1.27. The van der Waals surface area contributed by atoms with Crippen molar-refractivity contribution in [2.24, 2.45) is 0 Å². The fraction of sp³-hybridized carbons (Fsp3) is 0.0714. The minimum absolute atomic E-state index is 0.436. The molecule has 0 radical (unpaired) electrons. The molecule has 3 rings (SSSR count). The summed E-state index contributed by atoms with van der Waals surface area (Å²) in [5, 5.41) is 0.436. The van der Waals surface area contributed by atoms with Gasteiger partial charge < -0.3 is 0 Å². The molecule has 0 spiro atoms. The Labute approximate surface area is 118 Å². The third kappa shape index (κ3) is 2.29. The molecule has 0 N–H and O–H groups in total. The summed E-state index contributed by atoms with van der Waals surface area (Å²) in [6, 6.07) is 13.0. The molecule has 96 valence electrons. The average molecular weight is 291 g/mol. The molecule has 2 aromatic heterocycles. The monoisotopic (exact) mass is 290 g/mol. The highest BCUT2D eigenvalue weighted by atomic mass is 35.5. The lowest BCUT2D eigenvalue weighted by molar-refractivity contribution is 0.678. The van der Waals surface area contributed by atoms with E-state index in [0.29, 0.717) is 5.15 Å². The molecule has 0 bridgehead atoms. The lowest BCUT2D eigenvalue weighted by Gasteiger charge is -2.05. The van der Waals surface area contributed by atoms with Crippen LogP contribution in [-0.2, 0) is 11.0 Å². The normalized spacial score (nSPS) is 12.7. The fourth-order valence-corrected chi connectivity index (χ4v) is 3.14. The van der Waals surface area contributed by atoms with Crippen LogP contribution in [0.1, 0.15) is 5.56 Å². The molecule has 5 heteroatoms. The number of hydrogen-bond donors (Lipinski definition) is 0. The Morgan fingerprint density at radius 3 is 2.58 bits per heavy atom. The van der Waals surface area contributed by atoms with Crippen molar-refractivity contribution >= 4 is 33.6 Å². The highest BCUT2D eigenvalue weighted by Gasteiger charge is 2.10. The second-order valence-electron chi connectivity index (χ2n) is 4.24. The van der Waals surface area contributed by atoms with E-state index in [4.69, 9.17) is 11.6 Å². The second-order valence-corrected chi connectivity index (χ2v) is 5.99. The molecule has 19 heavy (non-hydrogen) atoms. The smallest absolute Gasteiger partial charge is 0.157 e. The maximum atomic E-state index is 12.5. The van der Waals surface area contributed by atoms with Crippen LogP contribution in [0.5, 0.6) is 0 Å². The number of nitrogens with zero attached hydrogens (tertiary/aromatic N) is 2. The number of hydrogen-bond acceptors (Lipinski definition) is 2. The molecule has 1 aromatic carbocycles. The minimum atomic E-state index is -1.27. The first-order chi connectivity index (χ1) is 9.15. The quantitative estimate of drug-likeness (QED) is 0.676. The van der Waals surface area contributed by atoms with Crippen LogP contribution in [0.4, 0.5) is 0 Å². The first kappa shape index (κ1) is 12.4. The molecule has 0 aliphatic carbocycles. The van der Waals surface area contributed by atoms with Crippen molar-refractivity contribution in [3.05, 3.63) is 59.4 Å². The van der Waals surface area contributed by atoms with E-state index >= 15 is 0 Å². The molecule has 1 unspecified atom stereocenters. The Kier molecular flexibility index (Phi) is 3.12. The fourth-order valence-electron chi connectivity index (χ4n) is 1.88. The third-order valence-corrected chi connectivity index (χ3v) is 4.44. The summed E-state index contributed by atoms with van der Waals surface area (Å²) in [5.74, 6) is 0. The van der Waals surface area contributed by atoms with Crippen LogP contribution < -0.4 is 0 Å². The third-order valence-electron chi connectivity index (χ3n) is 2.87. The van der Waals surface area contributed by atoms with Gasteiger partial charge in [-0.05, 0) is 37.3 Å². The summed E-state index contributed by atoms with van der Waals surface area (Å²) >= 11 is 5.85. The zero-order chi connectivity index (χ0) is 13.4. The molecule has 0 amide bonds. The molecule has 0 saturated heterocycles. The topological polar surface area (TPSA) is 34.9 Å². The molecule has 3 nitrogen and oxygen atoms in total. The second kappa shape index (κ2) is 4.79. The van der Waals surface area contributed by atoms with Gasteiger partial charge in [0, 0.05) is 6.20 Å². The first-order valence-corrected chi connectivity index (χ1v) is 7.26. The van der Waals surface area contributed by atoms with E-state index < -0.39 is 11.0 Å². The number of rotatable bonds is 2. The van der Waals surface area contributed by atoms with E-state index in [2.05, 4.69) is 4.98 Å². The average Bonchev–Trinajstić information content (AvgIpc) is 2.81. The van der Waals surface area contributed by atoms with Crippen molar-refractivity contribution < 1.29 is 4.21 Å². The summed E-state index contributed by atoms with van der Waals surface area (Å²) < 4.78 is 14.2. The highest BCUT2D eigenvalue weighted by Crippen LogP contribution is 2.20. The standard InChI is InChI=1S/C14H11ClN2OS/c1-10-2-4-11(5-3-10)19(18)17-9-8-12-13(17)6-7-14(15)16-12/h2-9H,1H3. The largest absolute Gasteiger partial charge is 0.261 e. The molecule has 3 aromatic rings. The Morgan fingerprint density at radius 1 is 1.11 bits per heavy atom. The van der Waals surface area contributed by atoms with Crippen LogP contribution >= 0.6 is 11.6 Å². The maximum absolute atomic E-state index is 12.5. The number of fused-ring (bicyclic) bond motifs is 1. The number of pyridine rings is 1. The van der Waals surface area contributed by atoms with Gasteiger partial charge >= 0.3 is 0 Å². The van der Waals surface area contributed by atoms with Crippen LogP contribution in [0.2, 0.25) is 5.15 Å². The van der Waals surface area contributed by atoms with Gasteiger partial charge in [-0.25, -0.2) is 9.19 Å². The van der Waals surface area contributed by atoms with Gasteiger partial charge in [-0.2, -0.15) is 0 Å². The summed E-state index contributed by atoms with van der Waals surface area (Å²) in [6.45, 7) is 2.00. The molecule has 0 fully saturated rings. The van der Waals surface area contributed by atoms with Crippen molar-refractivity contribution in [2.75, 3.05) is 0 Å². The summed E-state index contributed by atoms with van der Waals surface area (Å²) in [6.07, 6.45) is 1.77. The van der Waals surface area contributed by atoms with E-state index in [9.17, 15) is 4.21 Å². The Morgan fingerprint density at radius 2 is 1.84 bits per heavy atom. The molecular formula is C14H11ClN2OS. The van der Waals surface area contributed by atoms with E-state index in [0.717, 1.165) is 21.5 Å². The van der Waals surface area contributed by atoms with Gasteiger partial charge in [0.25, 0.3) is 0 Å². The molecule has 0 aliphatic rings. The molecule has 2 heterocycles. The van der Waals surface area contributed by atoms with E-state index in [1.54, 1.807) is 16.2 Å². The zero-order valence-electron chi connectivity index (χ0n) is 10.2. The van der Waals surface area contributed by atoms with Gasteiger partial charge in [0.15, 0.2) is 11.0 Å². The van der Waals surface area contributed by atoms with Crippen molar-refractivity contribution in [3.63, 3.8) is 0 Å². The lowest BCUT2D eigenvalue weighted by atomic mass is 10.2. The van der Waals surface area contributed by atoms with E-state index in [1.807, 2.05) is 43.3 Å². The van der Waals surface area contributed by atoms with Crippen LogP contribution in [0.3, 0.4) is 0 Å². The Bertz CT molecular complexity index is 765. The van der Waals surface area contributed by atoms with Crippen LogP contribution in [0.15, 0.2) is 53.6 Å². The minimum Gasteiger partial charge on any atom is -0.261 e. The van der Waals surface area contributed by atoms with Crippen molar-refractivity contribution in [1.82, 2.24) is 8.96 Å². The van der Waals surface area contributed by atoms with Crippen LogP contribution in [0, 0.1) is 6.92 Å². The summed E-state index contributed by atoms with van der Waals surface area (Å²) in [5.41, 5.74) is 2.70. The number of aryl methyl sites for hydroxylation is 1. The van der Waals surface area contributed by atoms with Gasteiger partial charge in [-0.1, -0.05) is 29.3 Å². The zero-order valence-corrected chi connectivity index (χ0v) is 11.8. The van der Waals surface area contributed by atoms with Gasteiger partial charge in [-0.3, -0.25) is 3.97 Å². The molecular weight excluding hydrogens is 280 g/mol. The SMILES string of the molecule is Cc1ccc(S(=O)n2ccc3nc(Cl)ccc32)cc1. The lowest BCUT2D eigenvalue weighted by Crippen LogP contribution is -2.03. The van der Waals surface area contributed by atoms with E-state index in [1.165, 1.54) is 0 Å². The number of benzene rings is 1.